The average Bonchev–Trinajstić information content (AvgIpc) is 3.17. The number of benzene rings is 2. The molecular weight excluding hydrogens is 393 g/mol. The van der Waals surface area contributed by atoms with Crippen LogP contribution < -0.4 is 4.90 Å². The first-order valence-electron chi connectivity index (χ1n) is 9.45. The number of ether oxygens (including phenoxy) is 1. The zero-order chi connectivity index (χ0) is 21.3. The Kier molecular flexibility index (Phi) is 5.20. The number of anilines is 2. The van der Waals surface area contributed by atoms with Crippen LogP contribution in [0.15, 0.2) is 60.8 Å². The van der Waals surface area contributed by atoms with Crippen molar-refractivity contribution in [3.8, 4) is 0 Å². The van der Waals surface area contributed by atoms with Crippen molar-refractivity contribution in [1.82, 2.24) is 4.98 Å². The van der Waals surface area contributed by atoms with Crippen molar-refractivity contribution in [3.63, 3.8) is 0 Å². The average molecular weight is 412 g/mol. The lowest BCUT2D eigenvalue weighted by atomic mass is 10.0. The van der Waals surface area contributed by atoms with E-state index < -0.39 is 11.7 Å². The normalized spacial score (nSPS) is 13.3. The van der Waals surface area contributed by atoms with Gasteiger partial charge in [0, 0.05) is 18.4 Å². The molecule has 0 atom stereocenters. The molecule has 4 nitrogen and oxygen atoms in total. The number of carbonyl (C=O) groups is 1. The van der Waals surface area contributed by atoms with E-state index in [1.165, 1.54) is 19.2 Å². The highest BCUT2D eigenvalue weighted by atomic mass is 19.4. The van der Waals surface area contributed by atoms with E-state index in [2.05, 4.69) is 4.98 Å². The van der Waals surface area contributed by atoms with Crippen LogP contribution in [-0.4, -0.2) is 24.6 Å². The highest BCUT2D eigenvalue weighted by Crippen LogP contribution is 2.36. The number of hydrogen-bond donors (Lipinski definition) is 0. The molecule has 0 saturated carbocycles. The van der Waals surface area contributed by atoms with Crippen molar-refractivity contribution in [2.45, 2.75) is 19.0 Å². The SMILES string of the molecule is COC(=O)c1cccc2c1CCN2c1cc(Cc2cccc(C(F)(F)F)c2)ccn1. The molecule has 0 N–H and O–H groups in total. The van der Waals surface area contributed by atoms with Crippen LogP contribution in [0.5, 0.6) is 0 Å². The molecule has 2 aromatic carbocycles. The molecular formula is C23H19F3N2O2. The number of alkyl halides is 3. The second-order valence-corrected chi connectivity index (χ2v) is 7.09. The monoisotopic (exact) mass is 412 g/mol. The zero-order valence-electron chi connectivity index (χ0n) is 16.2. The lowest BCUT2D eigenvalue weighted by molar-refractivity contribution is -0.137. The Bertz CT molecular complexity index is 1100. The summed E-state index contributed by atoms with van der Waals surface area (Å²) in [4.78, 5) is 18.5. The van der Waals surface area contributed by atoms with Crippen molar-refractivity contribution in [1.29, 1.82) is 0 Å². The first-order valence-corrected chi connectivity index (χ1v) is 9.45. The molecule has 1 aliphatic rings. The van der Waals surface area contributed by atoms with E-state index in [-0.39, 0.29) is 5.97 Å². The number of hydrogen-bond acceptors (Lipinski definition) is 4. The van der Waals surface area contributed by atoms with Crippen molar-refractivity contribution in [2.24, 2.45) is 0 Å². The van der Waals surface area contributed by atoms with Crippen molar-refractivity contribution in [2.75, 3.05) is 18.6 Å². The molecule has 4 rings (SSSR count). The lowest BCUT2D eigenvalue weighted by Crippen LogP contribution is -2.15. The summed E-state index contributed by atoms with van der Waals surface area (Å²) in [7, 11) is 1.35. The minimum atomic E-state index is -4.37. The molecule has 7 heteroatoms. The van der Waals surface area contributed by atoms with E-state index in [4.69, 9.17) is 4.74 Å². The number of halogens is 3. The van der Waals surface area contributed by atoms with Crippen LogP contribution in [0, 0.1) is 0 Å². The van der Waals surface area contributed by atoms with Gasteiger partial charge in [0.15, 0.2) is 0 Å². The summed E-state index contributed by atoms with van der Waals surface area (Å²) in [6.45, 7) is 0.656. The Hall–Kier alpha value is -3.35. The number of fused-ring (bicyclic) bond motifs is 1. The van der Waals surface area contributed by atoms with Gasteiger partial charge in [-0.15, -0.1) is 0 Å². The molecule has 2 heterocycles. The number of carbonyl (C=O) groups excluding carboxylic acids is 1. The van der Waals surface area contributed by atoms with Gasteiger partial charge in [-0.05, 0) is 59.9 Å². The molecule has 0 spiro atoms. The maximum Gasteiger partial charge on any atom is 0.416 e. The Morgan fingerprint density at radius 1 is 1.10 bits per heavy atom. The van der Waals surface area contributed by atoms with E-state index in [1.807, 2.05) is 17.0 Å². The number of esters is 1. The smallest absolute Gasteiger partial charge is 0.416 e. The number of methoxy groups -OCH3 is 1. The molecule has 1 aromatic heterocycles. The summed E-state index contributed by atoms with van der Waals surface area (Å²) < 4.78 is 43.8. The third kappa shape index (κ3) is 3.87. The second kappa shape index (κ2) is 7.82. The van der Waals surface area contributed by atoms with E-state index in [1.54, 1.807) is 30.5 Å². The first-order chi connectivity index (χ1) is 14.4. The van der Waals surface area contributed by atoms with Gasteiger partial charge in [0.25, 0.3) is 0 Å². The van der Waals surface area contributed by atoms with Crippen molar-refractivity contribution >= 4 is 17.5 Å². The van der Waals surface area contributed by atoms with Crippen LogP contribution in [0.3, 0.4) is 0 Å². The quantitative estimate of drug-likeness (QED) is 0.555. The maximum atomic E-state index is 13.0. The van der Waals surface area contributed by atoms with Gasteiger partial charge < -0.3 is 9.64 Å². The molecule has 154 valence electrons. The number of aromatic nitrogens is 1. The van der Waals surface area contributed by atoms with E-state index in [0.29, 0.717) is 36.3 Å². The third-order valence-electron chi connectivity index (χ3n) is 5.18. The fraction of sp³-hybridized carbons (Fsp3) is 0.217. The van der Waals surface area contributed by atoms with Gasteiger partial charge in [-0.1, -0.05) is 24.3 Å². The Labute approximate surface area is 171 Å². The number of pyridine rings is 1. The maximum absolute atomic E-state index is 13.0. The van der Waals surface area contributed by atoms with Gasteiger partial charge >= 0.3 is 12.1 Å². The molecule has 0 amide bonds. The van der Waals surface area contributed by atoms with Gasteiger partial charge in [-0.25, -0.2) is 9.78 Å². The van der Waals surface area contributed by atoms with Crippen LogP contribution in [-0.2, 0) is 23.8 Å². The van der Waals surface area contributed by atoms with Crippen LogP contribution in [0.2, 0.25) is 0 Å². The van der Waals surface area contributed by atoms with E-state index in [9.17, 15) is 18.0 Å². The topological polar surface area (TPSA) is 42.4 Å². The molecule has 0 fully saturated rings. The third-order valence-corrected chi connectivity index (χ3v) is 5.18. The zero-order valence-corrected chi connectivity index (χ0v) is 16.2. The molecule has 0 saturated heterocycles. The van der Waals surface area contributed by atoms with Crippen LogP contribution >= 0.6 is 0 Å². The molecule has 0 bridgehead atoms. The lowest BCUT2D eigenvalue weighted by Gasteiger charge is -2.19. The standard InChI is InChI=1S/C23H19F3N2O2/c1-30-22(29)19-6-3-7-20-18(19)9-11-28(20)21-14-16(8-10-27-21)12-15-4-2-5-17(13-15)23(24,25)26/h2-8,10,13-14H,9,11-12H2,1H3. The Morgan fingerprint density at radius 2 is 1.87 bits per heavy atom. The number of nitrogens with zero attached hydrogens (tertiary/aromatic N) is 2. The first kappa shape index (κ1) is 19.9. The minimum absolute atomic E-state index is 0.363. The van der Waals surface area contributed by atoms with Gasteiger partial charge in [0.1, 0.15) is 5.82 Å². The summed E-state index contributed by atoms with van der Waals surface area (Å²) in [5.41, 5.74) is 3.13. The summed E-state index contributed by atoms with van der Waals surface area (Å²) in [6.07, 6.45) is -1.67. The van der Waals surface area contributed by atoms with E-state index in [0.717, 1.165) is 22.9 Å². The van der Waals surface area contributed by atoms with E-state index >= 15 is 0 Å². The largest absolute Gasteiger partial charge is 0.465 e. The predicted octanol–water partition coefficient (Wildman–Crippen LogP) is 5.17. The highest BCUT2D eigenvalue weighted by Gasteiger charge is 2.30. The summed E-state index contributed by atoms with van der Waals surface area (Å²) in [6, 6.07) is 14.5. The van der Waals surface area contributed by atoms with Crippen LogP contribution in [0.1, 0.15) is 32.6 Å². The van der Waals surface area contributed by atoms with Gasteiger partial charge in [-0.3, -0.25) is 0 Å². The molecule has 30 heavy (non-hydrogen) atoms. The highest BCUT2D eigenvalue weighted by molar-refractivity contribution is 5.94. The molecule has 3 aromatic rings. The minimum Gasteiger partial charge on any atom is -0.465 e. The van der Waals surface area contributed by atoms with Gasteiger partial charge in [0.2, 0.25) is 0 Å². The second-order valence-electron chi connectivity index (χ2n) is 7.09. The summed E-state index contributed by atoms with van der Waals surface area (Å²) in [5, 5.41) is 0. The van der Waals surface area contributed by atoms with Gasteiger partial charge in [-0.2, -0.15) is 13.2 Å². The van der Waals surface area contributed by atoms with Crippen molar-refractivity contribution in [3.05, 3.63) is 88.6 Å². The fourth-order valence-electron chi connectivity index (χ4n) is 3.78. The Balaban J connectivity index is 1.61. The number of rotatable bonds is 4. The van der Waals surface area contributed by atoms with Crippen LogP contribution in [0.4, 0.5) is 24.7 Å². The van der Waals surface area contributed by atoms with Gasteiger partial charge in [0.05, 0.1) is 18.2 Å². The summed E-state index contributed by atoms with van der Waals surface area (Å²) in [5.74, 6) is 0.320. The van der Waals surface area contributed by atoms with Crippen LogP contribution in [0.25, 0.3) is 0 Å². The van der Waals surface area contributed by atoms with Crippen molar-refractivity contribution < 1.29 is 22.7 Å². The summed E-state index contributed by atoms with van der Waals surface area (Å²) >= 11 is 0. The molecule has 1 aliphatic heterocycles. The molecule has 0 radical (unpaired) electrons. The fourth-order valence-corrected chi connectivity index (χ4v) is 3.78. The predicted molar refractivity (Wildman–Crippen MR) is 107 cm³/mol. The molecule has 0 unspecified atom stereocenters. The Morgan fingerprint density at radius 3 is 2.63 bits per heavy atom. The molecule has 0 aliphatic carbocycles.